The summed E-state index contributed by atoms with van der Waals surface area (Å²) in [5.41, 5.74) is 2.87. The van der Waals surface area contributed by atoms with E-state index in [1.807, 2.05) is 19.1 Å². The monoisotopic (exact) mass is 305 g/mol. The van der Waals surface area contributed by atoms with E-state index in [0.29, 0.717) is 17.2 Å². The van der Waals surface area contributed by atoms with Crippen molar-refractivity contribution in [3.8, 4) is 11.4 Å². The van der Waals surface area contributed by atoms with Gasteiger partial charge in [0, 0.05) is 11.8 Å². The average Bonchev–Trinajstić information content (AvgIpc) is 2.84. The van der Waals surface area contributed by atoms with Gasteiger partial charge in [-0.05, 0) is 31.2 Å². The van der Waals surface area contributed by atoms with Crippen LogP contribution in [0, 0.1) is 12.7 Å². The fraction of sp³-hybridized carbons (Fsp3) is 0.200. The van der Waals surface area contributed by atoms with E-state index in [1.165, 1.54) is 13.2 Å². The first-order valence-corrected chi connectivity index (χ1v) is 6.92. The van der Waals surface area contributed by atoms with Gasteiger partial charge in [-0.3, -0.25) is 4.57 Å². The summed E-state index contributed by atoms with van der Waals surface area (Å²) in [6.45, 7) is 1.89. The van der Waals surface area contributed by atoms with Gasteiger partial charge in [0.2, 0.25) is 0 Å². The highest BCUT2D eigenvalue weighted by Crippen LogP contribution is 2.25. The lowest BCUT2D eigenvalue weighted by atomic mass is 10.2. The van der Waals surface area contributed by atoms with Gasteiger partial charge >= 0.3 is 0 Å². The number of pyridine rings is 1. The van der Waals surface area contributed by atoms with Crippen LogP contribution in [0.5, 0.6) is 5.75 Å². The molecule has 0 amide bonds. The first kappa shape index (κ1) is 13.8. The van der Waals surface area contributed by atoms with Gasteiger partial charge in [-0.1, -0.05) is 0 Å². The highest BCUT2D eigenvalue weighted by atomic mass is 35.5. The summed E-state index contributed by atoms with van der Waals surface area (Å²) in [5.74, 6) is 0.586. The van der Waals surface area contributed by atoms with Gasteiger partial charge in [-0.15, -0.1) is 11.6 Å². The number of rotatable bonds is 3. The number of halogens is 2. The number of ether oxygens (including phenoxy) is 1. The van der Waals surface area contributed by atoms with Crippen LogP contribution < -0.4 is 4.74 Å². The molecule has 3 aromatic rings. The van der Waals surface area contributed by atoms with E-state index in [-0.39, 0.29) is 11.6 Å². The molecule has 0 aliphatic carbocycles. The Bertz CT molecular complexity index is 816. The normalized spacial score (nSPS) is 11.0. The number of methoxy groups -OCH3 is 1. The molecule has 2 heterocycles. The molecule has 0 unspecified atom stereocenters. The summed E-state index contributed by atoms with van der Waals surface area (Å²) in [5, 5.41) is 0. The van der Waals surface area contributed by atoms with Crippen molar-refractivity contribution in [2.45, 2.75) is 12.8 Å². The van der Waals surface area contributed by atoms with E-state index in [9.17, 15) is 4.39 Å². The van der Waals surface area contributed by atoms with Crippen molar-refractivity contribution in [2.75, 3.05) is 7.11 Å². The highest BCUT2D eigenvalue weighted by molar-refractivity contribution is 6.16. The lowest BCUT2D eigenvalue weighted by molar-refractivity contribution is 0.386. The number of nitrogens with zero attached hydrogens (tertiary/aromatic N) is 3. The van der Waals surface area contributed by atoms with Crippen molar-refractivity contribution in [1.82, 2.24) is 14.5 Å². The summed E-state index contributed by atoms with van der Waals surface area (Å²) >= 11 is 5.96. The Morgan fingerprint density at radius 1 is 1.24 bits per heavy atom. The van der Waals surface area contributed by atoms with Gasteiger partial charge in [-0.2, -0.15) is 0 Å². The van der Waals surface area contributed by atoms with Gasteiger partial charge in [0.1, 0.15) is 11.3 Å². The maximum Gasteiger partial charge on any atom is 0.167 e. The molecule has 0 aliphatic heterocycles. The molecular weight excluding hydrogens is 293 g/mol. The second-order valence-electron chi connectivity index (χ2n) is 4.61. The molecule has 21 heavy (non-hydrogen) atoms. The van der Waals surface area contributed by atoms with Crippen LogP contribution in [0.3, 0.4) is 0 Å². The fourth-order valence-corrected chi connectivity index (χ4v) is 2.43. The van der Waals surface area contributed by atoms with Crippen molar-refractivity contribution < 1.29 is 9.13 Å². The van der Waals surface area contributed by atoms with Gasteiger partial charge in [0.25, 0.3) is 0 Å². The number of benzene rings is 1. The molecule has 1 aromatic carbocycles. The Morgan fingerprint density at radius 3 is 2.71 bits per heavy atom. The number of hydrogen-bond donors (Lipinski definition) is 0. The largest absolute Gasteiger partial charge is 0.494 e. The van der Waals surface area contributed by atoms with E-state index < -0.39 is 5.82 Å². The first-order chi connectivity index (χ1) is 10.1. The summed E-state index contributed by atoms with van der Waals surface area (Å²) in [4.78, 5) is 8.92. The molecule has 3 rings (SSSR count). The highest BCUT2D eigenvalue weighted by Gasteiger charge is 2.14. The second-order valence-corrected chi connectivity index (χ2v) is 4.88. The maximum absolute atomic E-state index is 13.9. The third-order valence-electron chi connectivity index (χ3n) is 3.23. The van der Waals surface area contributed by atoms with Crippen molar-refractivity contribution in [2.24, 2.45) is 0 Å². The van der Waals surface area contributed by atoms with Gasteiger partial charge in [0.05, 0.1) is 18.7 Å². The third kappa shape index (κ3) is 2.34. The number of aromatic nitrogens is 3. The minimum Gasteiger partial charge on any atom is -0.494 e. The van der Waals surface area contributed by atoms with Crippen LogP contribution in [0.25, 0.3) is 16.9 Å². The number of hydrogen-bond acceptors (Lipinski definition) is 3. The Labute approximate surface area is 126 Å². The zero-order chi connectivity index (χ0) is 15.0. The molecule has 0 N–H and O–H groups in total. The van der Waals surface area contributed by atoms with E-state index in [0.717, 1.165) is 11.2 Å². The molecule has 0 spiro atoms. The van der Waals surface area contributed by atoms with Crippen LogP contribution in [0.15, 0.2) is 30.3 Å². The average molecular weight is 306 g/mol. The maximum atomic E-state index is 13.9. The van der Waals surface area contributed by atoms with Crippen LogP contribution in [-0.2, 0) is 5.88 Å². The van der Waals surface area contributed by atoms with Crippen molar-refractivity contribution in [3.63, 3.8) is 0 Å². The number of aryl methyl sites for hydroxylation is 1. The van der Waals surface area contributed by atoms with Gasteiger partial charge in [0.15, 0.2) is 17.2 Å². The SMILES string of the molecule is COc1ccc(-n2c(CCl)nc3ccc(C)nc32)cc1F. The number of alkyl halides is 1. The van der Waals surface area contributed by atoms with Crippen LogP contribution in [0.2, 0.25) is 0 Å². The van der Waals surface area contributed by atoms with E-state index in [2.05, 4.69) is 9.97 Å². The third-order valence-corrected chi connectivity index (χ3v) is 3.47. The number of imidazole rings is 1. The summed E-state index contributed by atoms with van der Waals surface area (Å²) in [7, 11) is 1.43. The molecule has 0 fully saturated rings. The Balaban J connectivity index is 2.27. The molecule has 0 aliphatic rings. The Hall–Kier alpha value is -2.14. The van der Waals surface area contributed by atoms with Gasteiger partial charge < -0.3 is 4.74 Å². The fourth-order valence-electron chi connectivity index (χ4n) is 2.25. The molecule has 0 atom stereocenters. The zero-order valence-corrected chi connectivity index (χ0v) is 12.4. The Morgan fingerprint density at radius 2 is 2.05 bits per heavy atom. The predicted octanol–water partition coefficient (Wildman–Crippen LogP) is 3.62. The quantitative estimate of drug-likeness (QED) is 0.694. The van der Waals surface area contributed by atoms with Gasteiger partial charge in [-0.25, -0.2) is 14.4 Å². The molecule has 0 bridgehead atoms. The van der Waals surface area contributed by atoms with Crippen LogP contribution >= 0.6 is 11.6 Å². The molecule has 4 nitrogen and oxygen atoms in total. The molecule has 6 heteroatoms. The summed E-state index contributed by atoms with van der Waals surface area (Å²) < 4.78 is 20.6. The van der Waals surface area contributed by atoms with Crippen LogP contribution in [0.4, 0.5) is 4.39 Å². The summed E-state index contributed by atoms with van der Waals surface area (Å²) in [6.07, 6.45) is 0. The van der Waals surface area contributed by atoms with Crippen molar-refractivity contribution >= 4 is 22.8 Å². The number of fused-ring (bicyclic) bond motifs is 1. The molecule has 0 radical (unpaired) electrons. The molecule has 0 saturated carbocycles. The topological polar surface area (TPSA) is 39.9 Å². The predicted molar refractivity (Wildman–Crippen MR) is 79.7 cm³/mol. The molecule has 0 saturated heterocycles. The molecule has 2 aromatic heterocycles. The van der Waals surface area contributed by atoms with Crippen molar-refractivity contribution in [1.29, 1.82) is 0 Å². The first-order valence-electron chi connectivity index (χ1n) is 6.39. The standard InChI is InChI=1S/C15H13ClFN3O/c1-9-3-5-12-15(18-9)20(14(8-16)19-12)10-4-6-13(21-2)11(17)7-10/h3-7H,8H2,1-2H3. The Kier molecular flexibility index (Phi) is 3.51. The minimum absolute atomic E-state index is 0.194. The lowest BCUT2D eigenvalue weighted by Gasteiger charge is -2.09. The molecular formula is C15H13ClFN3O. The molecule has 108 valence electrons. The van der Waals surface area contributed by atoms with E-state index in [4.69, 9.17) is 16.3 Å². The second kappa shape index (κ2) is 5.33. The smallest absolute Gasteiger partial charge is 0.167 e. The lowest BCUT2D eigenvalue weighted by Crippen LogP contribution is -2.02. The zero-order valence-electron chi connectivity index (χ0n) is 11.6. The van der Waals surface area contributed by atoms with Crippen LogP contribution in [-0.4, -0.2) is 21.6 Å². The van der Waals surface area contributed by atoms with E-state index >= 15 is 0 Å². The minimum atomic E-state index is -0.440. The van der Waals surface area contributed by atoms with Crippen LogP contribution in [0.1, 0.15) is 11.5 Å². The summed E-state index contributed by atoms with van der Waals surface area (Å²) in [6, 6.07) is 8.48. The van der Waals surface area contributed by atoms with Crippen molar-refractivity contribution in [3.05, 3.63) is 47.7 Å². The van der Waals surface area contributed by atoms with E-state index in [1.54, 1.807) is 16.7 Å².